The SMILES string of the molecule is CC/C=C\C/C=C\C/C=C\C/C=C\C/C=C\C/C=C\CCCCCCC(=O)OC(COC(=O)CCCCCCCCCCC/C=C\C/C=C\C/C=C\C/C=C\C/C=C\CC)COC(=O)CCCCCCCCCCCCCC. The summed E-state index contributed by atoms with van der Waals surface area (Å²) in [6.07, 6.45) is 91.6. The summed E-state index contributed by atoms with van der Waals surface area (Å²) in [4.78, 5) is 38.3. The molecule has 0 spiro atoms. The van der Waals surface area contributed by atoms with Crippen LogP contribution in [0, 0.1) is 0 Å². The zero-order chi connectivity index (χ0) is 56.4. The van der Waals surface area contributed by atoms with Crippen molar-refractivity contribution in [1.82, 2.24) is 0 Å². The van der Waals surface area contributed by atoms with E-state index in [-0.39, 0.29) is 31.1 Å². The molecule has 0 N–H and O–H groups in total. The van der Waals surface area contributed by atoms with Gasteiger partial charge in [-0.3, -0.25) is 14.4 Å². The summed E-state index contributed by atoms with van der Waals surface area (Å²) in [6, 6.07) is 0. The zero-order valence-corrected chi connectivity index (χ0v) is 50.6. The average molecular weight is 1080 g/mol. The van der Waals surface area contributed by atoms with Crippen LogP contribution in [0.2, 0.25) is 0 Å². The molecule has 6 nitrogen and oxygen atoms in total. The zero-order valence-electron chi connectivity index (χ0n) is 50.6. The molecule has 442 valence electrons. The largest absolute Gasteiger partial charge is 0.462 e. The summed E-state index contributed by atoms with van der Waals surface area (Å²) in [6.45, 7) is 6.39. The fraction of sp³-hybridized carbons (Fsp3) is 0.653. The minimum Gasteiger partial charge on any atom is -0.462 e. The Bertz CT molecular complexity index is 1670. The fourth-order valence-corrected chi connectivity index (χ4v) is 8.65. The molecule has 0 aliphatic carbocycles. The Morgan fingerprint density at radius 3 is 0.782 bits per heavy atom. The molecule has 1 atom stereocenters. The van der Waals surface area contributed by atoms with Gasteiger partial charge in [-0.15, -0.1) is 0 Å². The molecular formula is C72H118O6. The van der Waals surface area contributed by atoms with Crippen LogP contribution in [0.4, 0.5) is 0 Å². The Morgan fingerprint density at radius 2 is 0.500 bits per heavy atom. The summed E-state index contributed by atoms with van der Waals surface area (Å²) < 4.78 is 16.9. The molecule has 0 aromatic heterocycles. The highest BCUT2D eigenvalue weighted by molar-refractivity contribution is 5.71. The van der Waals surface area contributed by atoms with E-state index in [4.69, 9.17) is 14.2 Å². The summed E-state index contributed by atoms with van der Waals surface area (Å²) in [5.74, 6) is -0.920. The summed E-state index contributed by atoms with van der Waals surface area (Å²) in [5.41, 5.74) is 0. The second-order valence-corrected chi connectivity index (χ2v) is 20.9. The number of allylic oxidation sites excluding steroid dienone is 22. The standard InChI is InChI=1S/C72H118O6/c1-4-7-10-13-16-19-22-25-27-29-31-33-35-36-38-39-41-43-45-47-50-53-56-59-62-65-71(74)77-68-69(67-76-70(73)64-61-58-55-52-49-24-21-18-15-12-9-6-3)78-72(75)66-63-60-57-54-51-48-46-44-42-40-37-34-32-30-28-26-23-20-17-14-11-8-5-2/h7-8,10-11,16-17,19-20,25-28,31-34,36,38,40,42,46,48,69H,4-6,9,12-15,18,21-24,29-30,35,37,39,41,43-45,47,49-68H2,1-3H3/b10-7-,11-8-,19-16-,20-17-,27-25-,28-26-,33-31-,34-32-,38-36-,42-40-,48-46-. The number of carbonyl (C=O) groups is 3. The molecule has 0 aromatic carbocycles. The van der Waals surface area contributed by atoms with E-state index >= 15 is 0 Å². The molecule has 78 heavy (non-hydrogen) atoms. The molecule has 0 aliphatic heterocycles. The van der Waals surface area contributed by atoms with E-state index in [0.717, 1.165) is 148 Å². The van der Waals surface area contributed by atoms with E-state index in [9.17, 15) is 14.4 Å². The van der Waals surface area contributed by atoms with Crippen molar-refractivity contribution >= 4 is 17.9 Å². The van der Waals surface area contributed by atoms with Crippen molar-refractivity contribution < 1.29 is 28.6 Å². The van der Waals surface area contributed by atoms with Crippen molar-refractivity contribution in [2.75, 3.05) is 13.2 Å². The van der Waals surface area contributed by atoms with Gasteiger partial charge in [-0.25, -0.2) is 0 Å². The molecule has 0 aromatic rings. The van der Waals surface area contributed by atoms with Gasteiger partial charge in [0.1, 0.15) is 13.2 Å². The Hall–Kier alpha value is -4.45. The van der Waals surface area contributed by atoms with Crippen LogP contribution >= 0.6 is 0 Å². The van der Waals surface area contributed by atoms with Crippen molar-refractivity contribution in [2.24, 2.45) is 0 Å². The molecule has 0 radical (unpaired) electrons. The lowest BCUT2D eigenvalue weighted by Crippen LogP contribution is -2.30. The van der Waals surface area contributed by atoms with Gasteiger partial charge < -0.3 is 14.2 Å². The maximum absolute atomic E-state index is 12.9. The lowest BCUT2D eigenvalue weighted by molar-refractivity contribution is -0.167. The third-order valence-corrected chi connectivity index (χ3v) is 13.4. The number of carbonyl (C=O) groups excluding carboxylic acids is 3. The van der Waals surface area contributed by atoms with E-state index in [1.165, 1.54) is 96.3 Å². The van der Waals surface area contributed by atoms with Crippen LogP contribution in [-0.2, 0) is 28.6 Å². The molecule has 1 unspecified atom stereocenters. The Labute approximate surface area is 481 Å². The number of ether oxygens (including phenoxy) is 3. The first-order valence-electron chi connectivity index (χ1n) is 32.2. The topological polar surface area (TPSA) is 78.9 Å². The maximum Gasteiger partial charge on any atom is 0.306 e. The molecule has 0 aliphatic rings. The Morgan fingerprint density at radius 1 is 0.269 bits per heavy atom. The van der Waals surface area contributed by atoms with E-state index in [2.05, 4.69) is 154 Å². The van der Waals surface area contributed by atoms with Crippen molar-refractivity contribution in [2.45, 2.75) is 290 Å². The predicted octanol–water partition coefficient (Wildman–Crippen LogP) is 22.2. The number of rotatable bonds is 57. The molecule has 0 saturated carbocycles. The first-order valence-corrected chi connectivity index (χ1v) is 32.2. The van der Waals surface area contributed by atoms with Crippen molar-refractivity contribution in [3.8, 4) is 0 Å². The van der Waals surface area contributed by atoms with Crippen LogP contribution in [0.25, 0.3) is 0 Å². The van der Waals surface area contributed by atoms with Crippen LogP contribution < -0.4 is 0 Å². The maximum atomic E-state index is 12.9. The number of esters is 3. The van der Waals surface area contributed by atoms with Crippen LogP contribution in [0.15, 0.2) is 134 Å². The van der Waals surface area contributed by atoms with E-state index in [0.29, 0.717) is 19.3 Å². The number of unbranched alkanes of at least 4 members (excludes halogenated alkanes) is 24. The molecule has 0 amide bonds. The van der Waals surface area contributed by atoms with Gasteiger partial charge in [0.15, 0.2) is 6.10 Å². The third-order valence-electron chi connectivity index (χ3n) is 13.4. The van der Waals surface area contributed by atoms with Crippen molar-refractivity contribution in [1.29, 1.82) is 0 Å². The Kier molecular flexibility index (Phi) is 61.4. The molecule has 0 heterocycles. The summed E-state index contributed by atoms with van der Waals surface area (Å²) in [5, 5.41) is 0. The van der Waals surface area contributed by atoms with E-state index < -0.39 is 6.10 Å². The second kappa shape index (κ2) is 65.1. The van der Waals surface area contributed by atoms with Gasteiger partial charge in [-0.2, -0.15) is 0 Å². The highest BCUT2D eigenvalue weighted by Gasteiger charge is 2.19. The first-order chi connectivity index (χ1) is 38.5. The fourth-order valence-electron chi connectivity index (χ4n) is 8.65. The lowest BCUT2D eigenvalue weighted by Gasteiger charge is -2.18. The third kappa shape index (κ3) is 62.4. The van der Waals surface area contributed by atoms with Gasteiger partial charge in [0, 0.05) is 19.3 Å². The molecular weight excluding hydrogens is 961 g/mol. The molecule has 0 rings (SSSR count). The van der Waals surface area contributed by atoms with Crippen LogP contribution in [-0.4, -0.2) is 37.2 Å². The first kappa shape index (κ1) is 73.5. The van der Waals surface area contributed by atoms with Crippen molar-refractivity contribution in [3.05, 3.63) is 134 Å². The van der Waals surface area contributed by atoms with Crippen LogP contribution in [0.3, 0.4) is 0 Å². The summed E-state index contributed by atoms with van der Waals surface area (Å²) >= 11 is 0. The van der Waals surface area contributed by atoms with Gasteiger partial charge >= 0.3 is 17.9 Å². The van der Waals surface area contributed by atoms with Crippen molar-refractivity contribution in [3.63, 3.8) is 0 Å². The quantitative estimate of drug-likeness (QED) is 0.0261. The van der Waals surface area contributed by atoms with Crippen LogP contribution in [0.5, 0.6) is 0 Å². The van der Waals surface area contributed by atoms with Gasteiger partial charge in [-0.05, 0) is 116 Å². The van der Waals surface area contributed by atoms with Gasteiger partial charge in [0.2, 0.25) is 0 Å². The average Bonchev–Trinajstić information content (AvgIpc) is 3.44. The summed E-state index contributed by atoms with van der Waals surface area (Å²) in [7, 11) is 0. The normalized spacial score (nSPS) is 13.0. The highest BCUT2D eigenvalue weighted by Crippen LogP contribution is 2.15. The van der Waals surface area contributed by atoms with Gasteiger partial charge in [0.25, 0.3) is 0 Å². The monoisotopic (exact) mass is 1080 g/mol. The van der Waals surface area contributed by atoms with Gasteiger partial charge in [0.05, 0.1) is 0 Å². The number of hydrogen-bond acceptors (Lipinski definition) is 6. The lowest BCUT2D eigenvalue weighted by atomic mass is 10.0. The minimum absolute atomic E-state index is 0.0918. The smallest absolute Gasteiger partial charge is 0.306 e. The number of hydrogen-bond donors (Lipinski definition) is 0. The van der Waals surface area contributed by atoms with E-state index in [1.54, 1.807) is 0 Å². The van der Waals surface area contributed by atoms with Crippen LogP contribution in [0.1, 0.15) is 284 Å². The molecule has 6 heteroatoms. The second-order valence-electron chi connectivity index (χ2n) is 20.9. The molecule has 0 saturated heterocycles. The Balaban J connectivity index is 4.39. The predicted molar refractivity (Wildman–Crippen MR) is 339 cm³/mol. The minimum atomic E-state index is -0.799. The molecule has 0 bridgehead atoms. The highest BCUT2D eigenvalue weighted by atomic mass is 16.6. The van der Waals surface area contributed by atoms with Gasteiger partial charge in [-0.1, -0.05) is 283 Å². The molecule has 0 fully saturated rings. The van der Waals surface area contributed by atoms with E-state index in [1.807, 2.05) is 0 Å².